The summed E-state index contributed by atoms with van der Waals surface area (Å²) in [6, 6.07) is 8.37. The zero-order valence-corrected chi connectivity index (χ0v) is 15.4. The van der Waals surface area contributed by atoms with E-state index in [0.717, 1.165) is 38.0 Å². The number of anilines is 1. The van der Waals surface area contributed by atoms with Gasteiger partial charge in [-0.05, 0) is 51.2 Å². The fraction of sp³-hybridized carbons (Fsp3) is 0.650. The maximum atomic E-state index is 13.1. The monoisotopic (exact) mass is 346 g/mol. The Bertz CT molecular complexity index is 584. The first-order valence-corrected chi connectivity index (χ1v) is 9.49. The Morgan fingerprint density at radius 3 is 2.76 bits per heavy atom. The smallest absolute Gasteiger partial charge is 0.244 e. The number of rotatable bonds is 6. The Morgan fingerprint density at radius 1 is 1.32 bits per heavy atom. The molecule has 0 saturated carbocycles. The van der Waals surface area contributed by atoms with Gasteiger partial charge in [-0.15, -0.1) is 0 Å². The molecule has 2 unspecified atom stereocenters. The van der Waals surface area contributed by atoms with Gasteiger partial charge >= 0.3 is 0 Å². The van der Waals surface area contributed by atoms with E-state index in [4.69, 9.17) is 9.84 Å². The van der Waals surface area contributed by atoms with E-state index >= 15 is 0 Å². The van der Waals surface area contributed by atoms with E-state index in [-0.39, 0.29) is 30.7 Å². The van der Waals surface area contributed by atoms with Crippen molar-refractivity contribution < 1.29 is 14.6 Å². The van der Waals surface area contributed by atoms with Gasteiger partial charge in [0.2, 0.25) is 5.91 Å². The molecule has 25 heavy (non-hydrogen) atoms. The fourth-order valence-corrected chi connectivity index (χ4v) is 4.00. The van der Waals surface area contributed by atoms with Crippen LogP contribution in [0.3, 0.4) is 0 Å². The third kappa shape index (κ3) is 4.05. The van der Waals surface area contributed by atoms with Crippen molar-refractivity contribution in [3.8, 4) is 0 Å². The molecule has 0 aromatic heterocycles. The molecule has 0 spiro atoms. The highest BCUT2D eigenvalue weighted by molar-refractivity contribution is 5.99. The molecule has 138 valence electrons. The second-order valence-electron chi connectivity index (χ2n) is 7.25. The number of hydrogen-bond acceptors (Lipinski definition) is 4. The van der Waals surface area contributed by atoms with Crippen molar-refractivity contribution in [2.45, 2.75) is 57.7 Å². The van der Waals surface area contributed by atoms with E-state index in [1.54, 1.807) is 0 Å². The number of likely N-dealkylation sites (tertiary alicyclic amines) is 1. The van der Waals surface area contributed by atoms with E-state index in [1.807, 2.05) is 24.0 Å². The number of carbonyl (C=O) groups excluding carboxylic acids is 1. The van der Waals surface area contributed by atoms with E-state index in [2.05, 4.69) is 24.0 Å². The van der Waals surface area contributed by atoms with Gasteiger partial charge < -0.3 is 14.7 Å². The molecule has 2 atom stereocenters. The fourth-order valence-electron chi connectivity index (χ4n) is 4.00. The normalized spacial score (nSPS) is 22.8. The molecule has 2 heterocycles. The molecule has 1 amide bonds. The lowest BCUT2D eigenvalue weighted by Gasteiger charge is -2.37. The SMILES string of the molecule is CC(C(=O)N1c2ccccc2CC1C)N1CCC(OCCCO)CC1. The Kier molecular flexibility index (Phi) is 6.10. The van der Waals surface area contributed by atoms with Crippen molar-refractivity contribution in [1.82, 2.24) is 4.90 Å². The van der Waals surface area contributed by atoms with Crippen molar-refractivity contribution in [2.75, 3.05) is 31.2 Å². The zero-order valence-electron chi connectivity index (χ0n) is 15.4. The minimum Gasteiger partial charge on any atom is -0.396 e. The highest BCUT2D eigenvalue weighted by Crippen LogP contribution is 2.33. The highest BCUT2D eigenvalue weighted by atomic mass is 16.5. The molecule has 1 aromatic carbocycles. The van der Waals surface area contributed by atoms with Gasteiger partial charge in [0.15, 0.2) is 0 Å². The van der Waals surface area contributed by atoms with Gasteiger partial charge in [-0.2, -0.15) is 0 Å². The standard InChI is InChI=1S/C20H30N2O3/c1-15-14-17-6-3-4-7-19(17)22(15)20(24)16(2)21-10-8-18(9-11-21)25-13-5-12-23/h3-4,6-7,15-16,18,23H,5,8-14H2,1-2H3. The molecule has 5 heteroatoms. The molecule has 0 radical (unpaired) electrons. The summed E-state index contributed by atoms with van der Waals surface area (Å²) in [5.41, 5.74) is 2.35. The van der Waals surface area contributed by atoms with E-state index in [0.29, 0.717) is 13.0 Å². The second kappa shape index (κ2) is 8.30. The first-order valence-electron chi connectivity index (χ1n) is 9.49. The third-order valence-corrected chi connectivity index (χ3v) is 5.48. The summed E-state index contributed by atoms with van der Waals surface area (Å²) in [7, 11) is 0. The van der Waals surface area contributed by atoms with Crippen molar-refractivity contribution in [3.05, 3.63) is 29.8 Å². The summed E-state index contributed by atoms with van der Waals surface area (Å²) in [6.45, 7) is 6.74. The van der Waals surface area contributed by atoms with Crippen LogP contribution in [0.2, 0.25) is 0 Å². The van der Waals surface area contributed by atoms with Gasteiger partial charge in [-0.3, -0.25) is 9.69 Å². The van der Waals surface area contributed by atoms with Crippen LogP contribution in [0.1, 0.15) is 38.7 Å². The topological polar surface area (TPSA) is 53.0 Å². The van der Waals surface area contributed by atoms with Gasteiger partial charge in [-0.1, -0.05) is 18.2 Å². The number of ether oxygens (including phenoxy) is 1. The molecule has 1 fully saturated rings. The van der Waals surface area contributed by atoms with Crippen molar-refractivity contribution >= 4 is 11.6 Å². The van der Waals surface area contributed by atoms with Gasteiger partial charge in [-0.25, -0.2) is 0 Å². The lowest BCUT2D eigenvalue weighted by atomic mass is 10.0. The maximum absolute atomic E-state index is 13.1. The Morgan fingerprint density at radius 2 is 2.04 bits per heavy atom. The number of amides is 1. The quantitative estimate of drug-likeness (QED) is 0.803. The molecule has 2 aliphatic rings. The van der Waals surface area contributed by atoms with Crippen LogP contribution in [0.25, 0.3) is 0 Å². The van der Waals surface area contributed by atoms with Crippen LogP contribution in [0, 0.1) is 0 Å². The van der Waals surface area contributed by atoms with E-state index < -0.39 is 0 Å². The summed E-state index contributed by atoms with van der Waals surface area (Å²) in [5.74, 6) is 0.206. The number of aliphatic hydroxyl groups is 1. The van der Waals surface area contributed by atoms with Crippen LogP contribution >= 0.6 is 0 Å². The number of para-hydroxylation sites is 1. The average Bonchev–Trinajstić information content (AvgIpc) is 2.97. The summed E-state index contributed by atoms with van der Waals surface area (Å²) >= 11 is 0. The molecule has 0 aliphatic carbocycles. The predicted octanol–water partition coefficient (Wildman–Crippen LogP) is 2.22. The van der Waals surface area contributed by atoms with Crippen molar-refractivity contribution in [1.29, 1.82) is 0 Å². The summed E-state index contributed by atoms with van der Waals surface area (Å²) < 4.78 is 5.79. The minimum atomic E-state index is -0.105. The highest BCUT2D eigenvalue weighted by Gasteiger charge is 2.36. The lowest BCUT2D eigenvalue weighted by molar-refractivity contribution is -0.124. The molecule has 5 nitrogen and oxygen atoms in total. The molecule has 1 saturated heterocycles. The molecule has 1 N–H and O–H groups in total. The average molecular weight is 346 g/mol. The summed E-state index contributed by atoms with van der Waals surface area (Å²) in [6.07, 6.45) is 3.80. The van der Waals surface area contributed by atoms with Crippen LogP contribution in [0.5, 0.6) is 0 Å². The van der Waals surface area contributed by atoms with Crippen molar-refractivity contribution in [3.63, 3.8) is 0 Å². The molecule has 1 aromatic rings. The van der Waals surface area contributed by atoms with Crippen LogP contribution in [-0.4, -0.2) is 60.4 Å². The minimum absolute atomic E-state index is 0.105. The predicted molar refractivity (Wildman–Crippen MR) is 98.8 cm³/mol. The van der Waals surface area contributed by atoms with Gasteiger partial charge in [0.1, 0.15) is 0 Å². The molecule has 2 aliphatic heterocycles. The molecule has 0 bridgehead atoms. The molecular weight excluding hydrogens is 316 g/mol. The maximum Gasteiger partial charge on any atom is 0.244 e. The largest absolute Gasteiger partial charge is 0.396 e. The van der Waals surface area contributed by atoms with Crippen molar-refractivity contribution in [2.24, 2.45) is 0 Å². The van der Waals surface area contributed by atoms with E-state index in [9.17, 15) is 4.79 Å². The van der Waals surface area contributed by atoms with E-state index in [1.165, 1.54) is 5.56 Å². The summed E-state index contributed by atoms with van der Waals surface area (Å²) in [4.78, 5) is 17.4. The second-order valence-corrected chi connectivity index (χ2v) is 7.25. The Balaban J connectivity index is 1.57. The lowest BCUT2D eigenvalue weighted by Crippen LogP contribution is -2.52. The third-order valence-electron chi connectivity index (χ3n) is 5.48. The number of benzene rings is 1. The van der Waals surface area contributed by atoms with Crippen LogP contribution in [-0.2, 0) is 16.0 Å². The number of carbonyl (C=O) groups is 1. The Hall–Kier alpha value is -1.43. The van der Waals surface area contributed by atoms with Gasteiger partial charge in [0.05, 0.1) is 12.1 Å². The number of piperidine rings is 1. The van der Waals surface area contributed by atoms with Crippen LogP contribution < -0.4 is 4.90 Å². The zero-order chi connectivity index (χ0) is 17.8. The Labute approximate surface area is 150 Å². The first kappa shape index (κ1) is 18.4. The number of aliphatic hydroxyl groups excluding tert-OH is 1. The van der Waals surface area contributed by atoms with Crippen LogP contribution in [0.15, 0.2) is 24.3 Å². The van der Waals surface area contributed by atoms with Crippen LogP contribution in [0.4, 0.5) is 5.69 Å². The van der Waals surface area contributed by atoms with Gasteiger partial charge in [0.25, 0.3) is 0 Å². The first-order chi connectivity index (χ1) is 12.1. The van der Waals surface area contributed by atoms with Gasteiger partial charge in [0, 0.05) is 38.0 Å². The molecule has 3 rings (SSSR count). The number of fused-ring (bicyclic) bond motifs is 1. The summed E-state index contributed by atoms with van der Waals surface area (Å²) in [5, 5.41) is 8.84. The number of hydrogen-bond donors (Lipinski definition) is 1. The molecular formula is C20H30N2O3. The number of nitrogens with zero attached hydrogens (tertiary/aromatic N) is 2.